The van der Waals surface area contributed by atoms with Crippen molar-refractivity contribution < 1.29 is 14.7 Å². The zero-order chi connectivity index (χ0) is 17.2. The number of fused-ring (bicyclic) bond motifs is 1. The molecule has 1 aliphatic heterocycles. The van der Waals surface area contributed by atoms with Crippen molar-refractivity contribution in [3.63, 3.8) is 0 Å². The lowest BCUT2D eigenvalue weighted by atomic mass is 9.81. The SMILES string of the molecule is CCSc1cc(CNC(=O)N2C[C@@H]3CCC[C@@]3(C(=O)O)C2)ccn1. The number of carbonyl (C=O) groups excluding carboxylic acids is 1. The van der Waals surface area contributed by atoms with Gasteiger partial charge in [-0.15, -0.1) is 11.8 Å². The van der Waals surface area contributed by atoms with Crippen LogP contribution in [0.5, 0.6) is 0 Å². The molecule has 0 bridgehead atoms. The molecule has 1 aliphatic carbocycles. The largest absolute Gasteiger partial charge is 0.481 e. The lowest BCUT2D eigenvalue weighted by molar-refractivity contribution is -0.149. The minimum Gasteiger partial charge on any atom is -0.481 e. The lowest BCUT2D eigenvalue weighted by Crippen LogP contribution is -2.41. The quantitative estimate of drug-likeness (QED) is 0.799. The predicted octanol–water partition coefficient (Wildman–Crippen LogP) is 2.59. The second-order valence-electron chi connectivity index (χ2n) is 6.53. The van der Waals surface area contributed by atoms with Gasteiger partial charge < -0.3 is 15.3 Å². The number of carboxylic acids is 1. The van der Waals surface area contributed by atoms with Crippen LogP contribution in [-0.4, -0.2) is 45.8 Å². The second-order valence-corrected chi connectivity index (χ2v) is 7.81. The number of carboxylic acid groups (broad SMARTS) is 1. The molecule has 130 valence electrons. The molecule has 3 rings (SSSR count). The fourth-order valence-corrected chi connectivity index (χ4v) is 4.54. The number of pyridine rings is 1. The number of rotatable bonds is 5. The number of aliphatic carboxylic acids is 1. The molecule has 2 aliphatic rings. The van der Waals surface area contributed by atoms with E-state index in [9.17, 15) is 14.7 Å². The van der Waals surface area contributed by atoms with Crippen molar-refractivity contribution >= 4 is 23.8 Å². The number of aromatic nitrogens is 1. The predicted molar refractivity (Wildman–Crippen MR) is 91.9 cm³/mol. The van der Waals surface area contributed by atoms with Gasteiger partial charge >= 0.3 is 12.0 Å². The Morgan fingerprint density at radius 2 is 2.38 bits per heavy atom. The van der Waals surface area contributed by atoms with Gasteiger partial charge in [-0.1, -0.05) is 13.3 Å². The van der Waals surface area contributed by atoms with E-state index in [2.05, 4.69) is 17.2 Å². The van der Waals surface area contributed by atoms with Gasteiger partial charge in [0, 0.05) is 25.8 Å². The van der Waals surface area contributed by atoms with E-state index in [-0.39, 0.29) is 11.9 Å². The molecule has 1 aromatic heterocycles. The van der Waals surface area contributed by atoms with Crippen molar-refractivity contribution in [3.8, 4) is 0 Å². The van der Waals surface area contributed by atoms with E-state index in [0.717, 1.165) is 29.2 Å². The highest BCUT2D eigenvalue weighted by molar-refractivity contribution is 7.99. The van der Waals surface area contributed by atoms with Gasteiger partial charge in [0.1, 0.15) is 0 Å². The summed E-state index contributed by atoms with van der Waals surface area (Å²) < 4.78 is 0. The number of urea groups is 1. The molecule has 0 radical (unpaired) electrons. The highest BCUT2D eigenvalue weighted by Crippen LogP contribution is 2.48. The van der Waals surface area contributed by atoms with Gasteiger partial charge in [0.2, 0.25) is 0 Å². The smallest absolute Gasteiger partial charge is 0.317 e. The number of nitrogens with zero attached hydrogens (tertiary/aromatic N) is 2. The number of hydrogen-bond acceptors (Lipinski definition) is 4. The van der Waals surface area contributed by atoms with Crippen molar-refractivity contribution in [3.05, 3.63) is 23.9 Å². The third-order valence-corrected chi connectivity index (χ3v) is 5.93. The number of hydrogen-bond donors (Lipinski definition) is 2. The maximum absolute atomic E-state index is 12.4. The summed E-state index contributed by atoms with van der Waals surface area (Å²) in [5, 5.41) is 13.5. The Morgan fingerprint density at radius 1 is 1.54 bits per heavy atom. The van der Waals surface area contributed by atoms with Gasteiger partial charge in [0.15, 0.2) is 0 Å². The summed E-state index contributed by atoms with van der Waals surface area (Å²) in [6.07, 6.45) is 4.28. The molecular formula is C17H23N3O3S. The number of thioether (sulfide) groups is 1. The highest BCUT2D eigenvalue weighted by Gasteiger charge is 2.55. The molecule has 1 saturated carbocycles. The van der Waals surface area contributed by atoms with E-state index in [4.69, 9.17) is 0 Å². The van der Waals surface area contributed by atoms with Crippen LogP contribution in [-0.2, 0) is 11.3 Å². The van der Waals surface area contributed by atoms with Crippen molar-refractivity contribution in [2.24, 2.45) is 11.3 Å². The van der Waals surface area contributed by atoms with E-state index < -0.39 is 11.4 Å². The van der Waals surface area contributed by atoms with Crippen molar-refractivity contribution in [1.82, 2.24) is 15.2 Å². The standard InChI is InChI=1S/C17H23N3O3S/c1-2-24-14-8-12(5-7-18-14)9-19-16(23)20-10-13-4-3-6-17(13,11-20)15(21)22/h5,7-8,13H,2-4,6,9-11H2,1H3,(H,19,23)(H,21,22)/t13-,17+/m0/s1. The monoisotopic (exact) mass is 349 g/mol. The van der Waals surface area contributed by atoms with Crippen LogP contribution in [0.2, 0.25) is 0 Å². The van der Waals surface area contributed by atoms with E-state index in [0.29, 0.717) is 26.1 Å². The Bertz CT molecular complexity index is 639. The number of amides is 2. The summed E-state index contributed by atoms with van der Waals surface area (Å²) in [7, 11) is 0. The third-order valence-electron chi connectivity index (χ3n) is 5.12. The highest BCUT2D eigenvalue weighted by atomic mass is 32.2. The number of carbonyl (C=O) groups is 2. The molecule has 24 heavy (non-hydrogen) atoms. The van der Waals surface area contributed by atoms with Gasteiger partial charge in [-0.25, -0.2) is 9.78 Å². The Labute approximate surface area is 146 Å². The zero-order valence-corrected chi connectivity index (χ0v) is 14.6. The third kappa shape index (κ3) is 3.22. The fraction of sp³-hybridized carbons (Fsp3) is 0.588. The van der Waals surface area contributed by atoms with Crippen LogP contribution >= 0.6 is 11.8 Å². The van der Waals surface area contributed by atoms with E-state index in [1.54, 1.807) is 22.9 Å². The first-order chi connectivity index (χ1) is 11.5. The van der Waals surface area contributed by atoms with Crippen LogP contribution in [0, 0.1) is 11.3 Å². The van der Waals surface area contributed by atoms with Crippen molar-refractivity contribution in [2.45, 2.75) is 37.8 Å². The molecule has 2 heterocycles. The number of likely N-dealkylation sites (tertiary alicyclic amines) is 1. The van der Waals surface area contributed by atoms with Crippen LogP contribution in [0.1, 0.15) is 31.7 Å². The van der Waals surface area contributed by atoms with E-state index >= 15 is 0 Å². The minimum atomic E-state index is -0.754. The van der Waals surface area contributed by atoms with Gasteiger partial charge in [-0.2, -0.15) is 0 Å². The molecular weight excluding hydrogens is 326 g/mol. The Morgan fingerprint density at radius 3 is 3.08 bits per heavy atom. The summed E-state index contributed by atoms with van der Waals surface area (Å²) in [6.45, 7) is 3.38. The van der Waals surface area contributed by atoms with Crippen LogP contribution in [0.15, 0.2) is 23.4 Å². The average Bonchev–Trinajstić information content (AvgIpc) is 3.11. The molecule has 7 heteroatoms. The van der Waals surface area contributed by atoms with Gasteiger partial charge in [0.05, 0.1) is 10.4 Å². The van der Waals surface area contributed by atoms with Crippen LogP contribution < -0.4 is 5.32 Å². The lowest BCUT2D eigenvalue weighted by Gasteiger charge is -2.23. The van der Waals surface area contributed by atoms with Crippen molar-refractivity contribution in [1.29, 1.82) is 0 Å². The topological polar surface area (TPSA) is 82.5 Å². The van der Waals surface area contributed by atoms with Gasteiger partial charge in [-0.3, -0.25) is 4.79 Å². The maximum Gasteiger partial charge on any atom is 0.317 e. The summed E-state index contributed by atoms with van der Waals surface area (Å²) in [6, 6.07) is 3.69. The van der Waals surface area contributed by atoms with Crippen LogP contribution in [0.4, 0.5) is 4.79 Å². The Kier molecular flexibility index (Phi) is 4.99. The molecule has 0 aromatic carbocycles. The molecule has 1 saturated heterocycles. The Hall–Kier alpha value is -1.76. The second kappa shape index (κ2) is 7.01. The molecule has 0 spiro atoms. The summed E-state index contributed by atoms with van der Waals surface area (Å²) in [5.41, 5.74) is 0.278. The molecule has 1 aromatic rings. The number of nitrogens with one attached hydrogen (secondary N) is 1. The molecule has 6 nitrogen and oxygen atoms in total. The maximum atomic E-state index is 12.4. The summed E-state index contributed by atoms with van der Waals surface area (Å²) in [4.78, 5) is 30.1. The van der Waals surface area contributed by atoms with E-state index in [1.807, 2.05) is 12.1 Å². The summed E-state index contributed by atoms with van der Waals surface area (Å²) >= 11 is 1.66. The molecule has 2 amide bonds. The minimum absolute atomic E-state index is 0.0919. The molecule has 2 atom stereocenters. The molecule has 2 N–H and O–H groups in total. The van der Waals surface area contributed by atoms with Crippen LogP contribution in [0.25, 0.3) is 0 Å². The first kappa shape index (κ1) is 17.1. The van der Waals surface area contributed by atoms with Crippen LogP contribution in [0.3, 0.4) is 0 Å². The normalized spacial score (nSPS) is 25.5. The first-order valence-electron chi connectivity index (χ1n) is 8.39. The molecule has 0 unspecified atom stereocenters. The van der Waals surface area contributed by atoms with Gasteiger partial charge in [-0.05, 0) is 42.2 Å². The first-order valence-corrected chi connectivity index (χ1v) is 9.37. The summed E-state index contributed by atoms with van der Waals surface area (Å²) in [5.74, 6) is 0.291. The average molecular weight is 349 g/mol. The Balaban J connectivity index is 1.58. The van der Waals surface area contributed by atoms with Crippen molar-refractivity contribution in [2.75, 3.05) is 18.8 Å². The zero-order valence-electron chi connectivity index (χ0n) is 13.8. The van der Waals surface area contributed by atoms with Gasteiger partial charge in [0.25, 0.3) is 0 Å². The van der Waals surface area contributed by atoms with E-state index in [1.165, 1.54) is 0 Å². The fourth-order valence-electron chi connectivity index (χ4n) is 3.87. The molecule has 2 fully saturated rings.